The molecule has 92 valence electrons. The molecular formula is C14H12BrNOS. The summed E-state index contributed by atoms with van der Waals surface area (Å²) in [6.07, 6.45) is 5.21. The first kappa shape index (κ1) is 13.0. The van der Waals surface area contributed by atoms with E-state index < -0.39 is 0 Å². The zero-order valence-corrected chi connectivity index (χ0v) is 12.1. The largest absolute Gasteiger partial charge is 0.481 e. The minimum absolute atomic E-state index is 0.285. The molecule has 0 aliphatic carbocycles. The van der Waals surface area contributed by atoms with E-state index in [4.69, 9.17) is 11.2 Å². The van der Waals surface area contributed by atoms with Crippen LogP contribution in [0, 0.1) is 12.3 Å². The first-order valence-corrected chi connectivity index (χ1v) is 7.14. The first-order valence-electron chi connectivity index (χ1n) is 5.40. The fourth-order valence-electron chi connectivity index (χ4n) is 1.51. The lowest BCUT2D eigenvalue weighted by Crippen LogP contribution is -2.03. The zero-order chi connectivity index (χ0) is 12.8. The zero-order valence-electron chi connectivity index (χ0n) is 9.65. The van der Waals surface area contributed by atoms with Crippen molar-refractivity contribution < 1.29 is 4.74 Å². The molecule has 0 unspecified atom stereocenters. The summed E-state index contributed by atoms with van der Waals surface area (Å²) in [6.45, 7) is 0.989. The third-order valence-electron chi connectivity index (χ3n) is 2.34. The van der Waals surface area contributed by atoms with E-state index in [0.717, 1.165) is 21.5 Å². The number of terminal acetylenes is 1. The maximum Gasteiger partial charge on any atom is 0.148 e. The Morgan fingerprint density at radius 2 is 2.28 bits per heavy atom. The van der Waals surface area contributed by atoms with Gasteiger partial charge in [0.1, 0.15) is 12.4 Å². The SMILES string of the molecule is C#CCOc1ccc(Br)cc1CNc1ccsc1. The number of ether oxygens (including phenoxy) is 1. The maximum atomic E-state index is 5.52. The highest BCUT2D eigenvalue weighted by Gasteiger charge is 2.04. The molecule has 0 fully saturated rings. The molecule has 1 aromatic heterocycles. The number of hydrogen-bond donors (Lipinski definition) is 1. The normalized spacial score (nSPS) is 9.78. The molecule has 0 radical (unpaired) electrons. The highest BCUT2D eigenvalue weighted by Crippen LogP contribution is 2.24. The lowest BCUT2D eigenvalue weighted by molar-refractivity contribution is 0.366. The smallest absolute Gasteiger partial charge is 0.148 e. The van der Waals surface area contributed by atoms with Crippen molar-refractivity contribution in [3.05, 3.63) is 45.1 Å². The van der Waals surface area contributed by atoms with Gasteiger partial charge in [-0.2, -0.15) is 11.3 Å². The van der Waals surface area contributed by atoms with Crippen LogP contribution in [0.5, 0.6) is 5.75 Å². The Kier molecular flexibility index (Phi) is 4.68. The van der Waals surface area contributed by atoms with Gasteiger partial charge >= 0.3 is 0 Å². The molecule has 18 heavy (non-hydrogen) atoms. The van der Waals surface area contributed by atoms with E-state index in [9.17, 15) is 0 Å². The van der Waals surface area contributed by atoms with Crippen LogP contribution in [0.2, 0.25) is 0 Å². The average Bonchev–Trinajstić information content (AvgIpc) is 2.88. The van der Waals surface area contributed by atoms with Gasteiger partial charge in [0.05, 0.1) is 0 Å². The molecular weight excluding hydrogens is 310 g/mol. The van der Waals surface area contributed by atoms with Gasteiger partial charge in [-0.25, -0.2) is 0 Å². The molecule has 2 aromatic rings. The first-order chi connectivity index (χ1) is 8.79. The molecule has 4 heteroatoms. The Morgan fingerprint density at radius 1 is 1.39 bits per heavy atom. The summed E-state index contributed by atoms with van der Waals surface area (Å²) < 4.78 is 6.54. The van der Waals surface area contributed by atoms with Crippen molar-refractivity contribution in [3.63, 3.8) is 0 Å². The van der Waals surface area contributed by atoms with Gasteiger partial charge in [-0.3, -0.25) is 0 Å². The lowest BCUT2D eigenvalue weighted by Gasteiger charge is -2.11. The second kappa shape index (κ2) is 6.48. The van der Waals surface area contributed by atoms with Gasteiger partial charge in [-0.1, -0.05) is 21.9 Å². The van der Waals surface area contributed by atoms with Crippen LogP contribution in [-0.4, -0.2) is 6.61 Å². The molecule has 0 aliphatic rings. The van der Waals surface area contributed by atoms with Crippen LogP contribution >= 0.6 is 27.3 Å². The van der Waals surface area contributed by atoms with Crippen LogP contribution in [0.15, 0.2) is 39.5 Å². The predicted octanol–water partition coefficient (Wildman–Crippen LogP) is 4.13. The Bertz CT molecular complexity index is 545. The van der Waals surface area contributed by atoms with Crippen LogP contribution in [-0.2, 0) is 6.54 Å². The number of anilines is 1. The van der Waals surface area contributed by atoms with Crippen molar-refractivity contribution in [1.82, 2.24) is 0 Å². The van der Waals surface area contributed by atoms with Crippen molar-refractivity contribution in [2.45, 2.75) is 6.54 Å². The summed E-state index contributed by atoms with van der Waals surface area (Å²) in [7, 11) is 0. The summed E-state index contributed by atoms with van der Waals surface area (Å²) in [4.78, 5) is 0. The molecule has 0 spiro atoms. The third kappa shape index (κ3) is 3.52. The molecule has 1 heterocycles. The van der Waals surface area contributed by atoms with E-state index in [1.165, 1.54) is 0 Å². The summed E-state index contributed by atoms with van der Waals surface area (Å²) in [5.41, 5.74) is 2.19. The number of thiophene rings is 1. The average molecular weight is 322 g/mol. The van der Waals surface area contributed by atoms with Crippen LogP contribution in [0.25, 0.3) is 0 Å². The van der Waals surface area contributed by atoms with Crippen LogP contribution < -0.4 is 10.1 Å². The standard InChI is InChI=1S/C14H12BrNOS/c1-2-6-17-14-4-3-12(15)8-11(14)9-16-13-5-7-18-10-13/h1,3-5,7-8,10,16H,6,9H2. The molecule has 1 aromatic carbocycles. The van der Waals surface area contributed by atoms with Crippen molar-refractivity contribution in [2.75, 3.05) is 11.9 Å². The van der Waals surface area contributed by atoms with Crippen molar-refractivity contribution in [2.24, 2.45) is 0 Å². The van der Waals surface area contributed by atoms with E-state index >= 15 is 0 Å². The fourth-order valence-corrected chi connectivity index (χ4v) is 2.53. The topological polar surface area (TPSA) is 21.3 Å². The van der Waals surface area contributed by atoms with Gasteiger partial charge in [0.25, 0.3) is 0 Å². The summed E-state index contributed by atoms with van der Waals surface area (Å²) in [6, 6.07) is 7.95. The molecule has 1 N–H and O–H groups in total. The Hall–Kier alpha value is -1.44. The molecule has 0 aliphatic heterocycles. The van der Waals surface area contributed by atoms with E-state index in [-0.39, 0.29) is 6.61 Å². The van der Waals surface area contributed by atoms with E-state index in [1.54, 1.807) is 11.3 Å². The van der Waals surface area contributed by atoms with Crippen LogP contribution in [0.1, 0.15) is 5.56 Å². The van der Waals surface area contributed by atoms with Crippen molar-refractivity contribution in [1.29, 1.82) is 0 Å². The molecule has 0 bridgehead atoms. The second-order valence-corrected chi connectivity index (χ2v) is 5.31. The molecule has 0 saturated heterocycles. The summed E-state index contributed by atoms with van der Waals surface area (Å²) in [5, 5.41) is 7.45. The fraction of sp³-hybridized carbons (Fsp3) is 0.143. The quantitative estimate of drug-likeness (QED) is 0.836. The Balaban J connectivity index is 2.09. The number of nitrogens with one attached hydrogen (secondary N) is 1. The number of rotatable bonds is 5. The minimum Gasteiger partial charge on any atom is -0.481 e. The Morgan fingerprint density at radius 3 is 3.00 bits per heavy atom. The van der Waals surface area contributed by atoms with E-state index in [0.29, 0.717) is 6.54 Å². The minimum atomic E-state index is 0.285. The van der Waals surface area contributed by atoms with Gasteiger partial charge in [0, 0.05) is 27.6 Å². The highest BCUT2D eigenvalue weighted by molar-refractivity contribution is 9.10. The highest BCUT2D eigenvalue weighted by atomic mass is 79.9. The van der Waals surface area contributed by atoms with Crippen LogP contribution in [0.3, 0.4) is 0 Å². The molecule has 0 saturated carbocycles. The van der Waals surface area contributed by atoms with Gasteiger partial charge < -0.3 is 10.1 Å². The molecule has 2 rings (SSSR count). The van der Waals surface area contributed by atoms with Crippen molar-refractivity contribution in [3.8, 4) is 18.1 Å². The summed E-state index contributed by atoms with van der Waals surface area (Å²) in [5.74, 6) is 3.29. The second-order valence-electron chi connectivity index (χ2n) is 3.61. The number of benzene rings is 1. The van der Waals surface area contributed by atoms with E-state index in [2.05, 4.69) is 32.5 Å². The van der Waals surface area contributed by atoms with Crippen LogP contribution in [0.4, 0.5) is 5.69 Å². The van der Waals surface area contributed by atoms with Gasteiger partial charge in [0.15, 0.2) is 0 Å². The molecule has 2 nitrogen and oxygen atoms in total. The van der Waals surface area contributed by atoms with Gasteiger partial charge in [-0.15, -0.1) is 6.42 Å². The van der Waals surface area contributed by atoms with Gasteiger partial charge in [-0.05, 0) is 29.6 Å². The maximum absolute atomic E-state index is 5.52. The lowest BCUT2D eigenvalue weighted by atomic mass is 10.2. The third-order valence-corrected chi connectivity index (χ3v) is 3.51. The van der Waals surface area contributed by atoms with Crippen molar-refractivity contribution >= 4 is 33.0 Å². The van der Waals surface area contributed by atoms with E-state index in [1.807, 2.05) is 29.6 Å². The number of halogens is 1. The predicted molar refractivity (Wildman–Crippen MR) is 80.1 cm³/mol. The molecule has 0 atom stereocenters. The Labute approximate surface area is 119 Å². The van der Waals surface area contributed by atoms with Gasteiger partial charge in [0.2, 0.25) is 0 Å². The number of hydrogen-bond acceptors (Lipinski definition) is 3. The monoisotopic (exact) mass is 321 g/mol. The molecule has 0 amide bonds. The summed E-state index contributed by atoms with van der Waals surface area (Å²) >= 11 is 5.13.